The Morgan fingerprint density at radius 3 is 2.57 bits per heavy atom. The molecule has 1 heterocycles. The Morgan fingerprint density at radius 1 is 1.57 bits per heavy atom. The van der Waals surface area contributed by atoms with Crippen molar-refractivity contribution in [1.29, 1.82) is 0 Å². The Morgan fingerprint density at radius 2 is 2.21 bits per heavy atom. The smallest absolute Gasteiger partial charge is 0.183 e. The second-order valence-electron chi connectivity index (χ2n) is 3.29. The van der Waals surface area contributed by atoms with Gasteiger partial charge in [0.15, 0.2) is 4.67 Å². The third-order valence-corrected chi connectivity index (χ3v) is 3.69. The Balaban J connectivity index is 2.78. The predicted octanol–water partition coefficient (Wildman–Crippen LogP) is 2.62. The molecule has 2 unspecified atom stereocenters. The average Bonchev–Trinajstić information content (AvgIpc) is 2.42. The zero-order valence-corrected chi connectivity index (χ0v) is 11.0. The molecule has 0 bridgehead atoms. The van der Waals surface area contributed by atoms with Crippen molar-refractivity contribution in [3.63, 3.8) is 0 Å². The summed E-state index contributed by atoms with van der Waals surface area (Å²) in [5.74, 6) is 0.866. The molecular formula is C9H13Br2NO2. The lowest BCUT2D eigenvalue weighted by Gasteiger charge is -2.13. The lowest BCUT2D eigenvalue weighted by atomic mass is 10.00. The van der Waals surface area contributed by atoms with Gasteiger partial charge in [0.25, 0.3) is 0 Å². The quantitative estimate of drug-likeness (QED) is 0.894. The maximum atomic E-state index is 9.27. The van der Waals surface area contributed by atoms with E-state index in [1.54, 1.807) is 6.92 Å². The average molecular weight is 327 g/mol. The van der Waals surface area contributed by atoms with Crippen LogP contribution in [0.25, 0.3) is 0 Å². The van der Waals surface area contributed by atoms with Crippen LogP contribution in [0.5, 0.6) is 0 Å². The number of hydrogen-bond donors (Lipinski definition) is 2. The molecule has 0 aliphatic carbocycles. The zero-order valence-electron chi connectivity index (χ0n) is 7.84. The predicted molar refractivity (Wildman–Crippen MR) is 62.2 cm³/mol. The van der Waals surface area contributed by atoms with E-state index in [2.05, 4.69) is 31.9 Å². The minimum Gasteiger partial charge on any atom is -0.453 e. The molecule has 2 atom stereocenters. The van der Waals surface area contributed by atoms with Gasteiger partial charge >= 0.3 is 0 Å². The van der Waals surface area contributed by atoms with Gasteiger partial charge in [-0.25, -0.2) is 0 Å². The molecule has 1 aromatic rings. The second kappa shape index (κ2) is 5.30. The summed E-state index contributed by atoms with van der Waals surface area (Å²) in [6, 6.07) is 1.88. The highest BCUT2D eigenvalue weighted by Gasteiger charge is 2.18. The number of furan rings is 1. The van der Waals surface area contributed by atoms with Crippen molar-refractivity contribution in [1.82, 2.24) is 0 Å². The van der Waals surface area contributed by atoms with Crippen molar-refractivity contribution >= 4 is 31.9 Å². The molecule has 0 amide bonds. The van der Waals surface area contributed by atoms with E-state index in [4.69, 9.17) is 10.2 Å². The normalized spacial score (nSPS) is 15.5. The van der Waals surface area contributed by atoms with E-state index in [0.717, 1.165) is 10.2 Å². The molecule has 5 heteroatoms. The fourth-order valence-corrected chi connectivity index (χ4v) is 1.91. The molecule has 14 heavy (non-hydrogen) atoms. The first-order valence-electron chi connectivity index (χ1n) is 4.37. The first kappa shape index (κ1) is 12.2. The molecular weight excluding hydrogens is 314 g/mol. The fraction of sp³-hybridized carbons (Fsp3) is 0.556. The maximum Gasteiger partial charge on any atom is 0.183 e. The number of halogens is 2. The van der Waals surface area contributed by atoms with E-state index < -0.39 is 0 Å². The third kappa shape index (κ3) is 3.08. The lowest BCUT2D eigenvalue weighted by molar-refractivity contribution is 0.170. The van der Waals surface area contributed by atoms with Gasteiger partial charge < -0.3 is 15.3 Å². The molecule has 3 nitrogen and oxygen atoms in total. The van der Waals surface area contributed by atoms with E-state index in [0.29, 0.717) is 17.6 Å². The van der Waals surface area contributed by atoms with Gasteiger partial charge in [0, 0.05) is 12.5 Å². The first-order valence-corrected chi connectivity index (χ1v) is 5.96. The van der Waals surface area contributed by atoms with Gasteiger partial charge in [-0.15, -0.1) is 0 Å². The van der Waals surface area contributed by atoms with E-state index in [1.807, 2.05) is 6.07 Å². The molecule has 0 saturated heterocycles. The van der Waals surface area contributed by atoms with Crippen LogP contribution < -0.4 is 5.73 Å². The van der Waals surface area contributed by atoms with Gasteiger partial charge in [0.1, 0.15) is 5.76 Å². The minimum absolute atomic E-state index is 0.0672. The fourth-order valence-electron chi connectivity index (χ4n) is 1.30. The van der Waals surface area contributed by atoms with Crippen molar-refractivity contribution < 1.29 is 9.52 Å². The van der Waals surface area contributed by atoms with Crippen LogP contribution in [0, 0.1) is 0 Å². The van der Waals surface area contributed by atoms with Gasteiger partial charge in [0.05, 0.1) is 10.6 Å². The first-order chi connectivity index (χ1) is 6.54. The second-order valence-corrected chi connectivity index (χ2v) is 4.86. The van der Waals surface area contributed by atoms with Crippen molar-refractivity contribution in [2.45, 2.75) is 25.4 Å². The van der Waals surface area contributed by atoms with E-state index >= 15 is 0 Å². The summed E-state index contributed by atoms with van der Waals surface area (Å²) in [6.07, 6.45) is 0.245. The van der Waals surface area contributed by atoms with Crippen LogP contribution in [-0.2, 0) is 0 Å². The van der Waals surface area contributed by atoms with Crippen LogP contribution in [0.4, 0.5) is 0 Å². The molecule has 0 aliphatic heterocycles. The number of hydrogen-bond acceptors (Lipinski definition) is 3. The van der Waals surface area contributed by atoms with Crippen LogP contribution in [0.2, 0.25) is 0 Å². The molecule has 0 fully saturated rings. The van der Waals surface area contributed by atoms with Crippen LogP contribution in [-0.4, -0.2) is 17.8 Å². The summed E-state index contributed by atoms with van der Waals surface area (Å²) in [5, 5.41) is 9.27. The molecule has 1 aromatic heterocycles. The minimum atomic E-state index is -0.369. The van der Waals surface area contributed by atoms with Gasteiger partial charge in [-0.1, -0.05) is 0 Å². The summed E-state index contributed by atoms with van der Waals surface area (Å²) < 4.78 is 6.98. The molecule has 80 valence electrons. The van der Waals surface area contributed by atoms with Gasteiger partial charge in [-0.05, 0) is 51.3 Å². The lowest BCUT2D eigenvalue weighted by Crippen LogP contribution is -2.16. The van der Waals surface area contributed by atoms with Crippen LogP contribution in [0.15, 0.2) is 19.6 Å². The number of nitrogens with two attached hydrogens (primary N) is 1. The van der Waals surface area contributed by atoms with Gasteiger partial charge in [0.2, 0.25) is 0 Å². The van der Waals surface area contributed by atoms with Gasteiger partial charge in [-0.3, -0.25) is 0 Å². The van der Waals surface area contributed by atoms with Crippen molar-refractivity contribution in [3.8, 4) is 0 Å². The number of aliphatic hydroxyl groups excluding tert-OH is 1. The SMILES string of the molecule is CC(O)CC(CN)c1cc(Br)c(Br)o1. The number of rotatable bonds is 4. The Hall–Kier alpha value is 0.160. The molecule has 0 aliphatic rings. The number of aliphatic hydroxyl groups is 1. The zero-order chi connectivity index (χ0) is 10.7. The van der Waals surface area contributed by atoms with Crippen LogP contribution >= 0.6 is 31.9 Å². The summed E-state index contributed by atoms with van der Waals surface area (Å²) in [7, 11) is 0. The van der Waals surface area contributed by atoms with Gasteiger partial charge in [-0.2, -0.15) is 0 Å². The Kier molecular flexibility index (Phi) is 4.63. The van der Waals surface area contributed by atoms with E-state index in [-0.39, 0.29) is 12.0 Å². The molecule has 3 N–H and O–H groups in total. The highest BCUT2D eigenvalue weighted by atomic mass is 79.9. The van der Waals surface area contributed by atoms with E-state index in [1.165, 1.54) is 0 Å². The van der Waals surface area contributed by atoms with Crippen molar-refractivity contribution in [2.75, 3.05) is 6.54 Å². The highest BCUT2D eigenvalue weighted by molar-refractivity contribution is 9.13. The molecule has 0 radical (unpaired) electrons. The van der Waals surface area contributed by atoms with Crippen molar-refractivity contribution in [2.24, 2.45) is 5.73 Å². The van der Waals surface area contributed by atoms with Crippen LogP contribution in [0.3, 0.4) is 0 Å². The summed E-state index contributed by atoms with van der Waals surface area (Å²) in [5.41, 5.74) is 5.61. The topological polar surface area (TPSA) is 59.4 Å². The summed E-state index contributed by atoms with van der Waals surface area (Å²) in [6.45, 7) is 2.22. The van der Waals surface area contributed by atoms with E-state index in [9.17, 15) is 5.11 Å². The Labute approximate surface area is 99.9 Å². The highest BCUT2D eigenvalue weighted by Crippen LogP contribution is 2.32. The summed E-state index contributed by atoms with van der Waals surface area (Å²) >= 11 is 6.60. The maximum absolute atomic E-state index is 9.27. The standard InChI is InChI=1S/C9H13Br2NO2/c1-5(13)2-6(4-12)8-3-7(10)9(11)14-8/h3,5-6,13H,2,4,12H2,1H3. The molecule has 0 spiro atoms. The summed E-state index contributed by atoms with van der Waals surface area (Å²) in [4.78, 5) is 0. The Bertz CT molecular complexity index is 280. The molecule has 1 rings (SSSR count). The largest absolute Gasteiger partial charge is 0.453 e. The third-order valence-electron chi connectivity index (χ3n) is 1.98. The van der Waals surface area contributed by atoms with Crippen LogP contribution in [0.1, 0.15) is 25.0 Å². The monoisotopic (exact) mass is 325 g/mol. The molecule has 0 aromatic carbocycles. The van der Waals surface area contributed by atoms with Crippen molar-refractivity contribution in [3.05, 3.63) is 21.0 Å². The molecule has 0 saturated carbocycles.